The maximum atomic E-state index is 13.8. The Balaban J connectivity index is 1.84. The zero-order valence-electron chi connectivity index (χ0n) is 21.1. The summed E-state index contributed by atoms with van der Waals surface area (Å²) in [5.41, 5.74) is 2.81. The summed E-state index contributed by atoms with van der Waals surface area (Å²) in [6.45, 7) is 12.3. The Hall–Kier alpha value is -2.77. The van der Waals surface area contributed by atoms with Crippen molar-refractivity contribution >= 4 is 11.7 Å². The van der Waals surface area contributed by atoms with E-state index >= 15 is 0 Å². The number of hydrogen-bond acceptors (Lipinski definition) is 4. The Morgan fingerprint density at radius 1 is 1.24 bits per heavy atom. The van der Waals surface area contributed by atoms with Crippen LogP contribution in [0.15, 0.2) is 48.1 Å². The lowest BCUT2D eigenvalue weighted by Gasteiger charge is -2.40. The highest BCUT2D eigenvalue weighted by Crippen LogP contribution is 2.43. The highest BCUT2D eigenvalue weighted by atomic mass is 19.1. The average Bonchev–Trinajstić information content (AvgIpc) is 3.10. The molecule has 1 aliphatic heterocycles. The molecule has 1 aromatic heterocycles. The number of nitrogens with one attached hydrogen (secondary N) is 1. The van der Waals surface area contributed by atoms with Gasteiger partial charge < -0.3 is 5.11 Å². The molecule has 1 aliphatic carbocycles. The Morgan fingerprint density at radius 2 is 1.88 bits per heavy atom. The summed E-state index contributed by atoms with van der Waals surface area (Å²) >= 11 is 0. The van der Waals surface area contributed by atoms with Crippen LogP contribution in [0.2, 0.25) is 0 Å². The third kappa shape index (κ3) is 4.34. The van der Waals surface area contributed by atoms with E-state index in [0.717, 1.165) is 34.6 Å². The van der Waals surface area contributed by atoms with Gasteiger partial charge in [0, 0.05) is 18.5 Å². The van der Waals surface area contributed by atoms with Gasteiger partial charge >= 0.3 is 0 Å². The molecule has 7 heteroatoms. The van der Waals surface area contributed by atoms with Gasteiger partial charge in [-0.25, -0.2) is 9.07 Å². The van der Waals surface area contributed by atoms with E-state index in [-0.39, 0.29) is 22.7 Å². The Bertz CT molecular complexity index is 1150. The molecule has 2 N–H and O–H groups in total. The number of aliphatic hydroxyl groups is 1. The van der Waals surface area contributed by atoms with E-state index in [1.807, 2.05) is 50.6 Å². The third-order valence-electron chi connectivity index (χ3n) is 6.67. The number of carbonyl (C=O) groups is 1. The van der Waals surface area contributed by atoms with Gasteiger partial charge in [0.15, 0.2) is 0 Å². The van der Waals surface area contributed by atoms with Crippen molar-refractivity contribution in [1.29, 1.82) is 0 Å². The highest BCUT2D eigenvalue weighted by molar-refractivity contribution is 6.01. The molecule has 0 radical (unpaired) electrons. The maximum Gasteiger partial charge on any atom is 0.246 e. The number of hydrogen-bond donors (Lipinski definition) is 2. The lowest BCUT2D eigenvalue weighted by Crippen LogP contribution is -2.56. The quantitative estimate of drug-likeness (QED) is 0.656. The van der Waals surface area contributed by atoms with Gasteiger partial charge in [0.1, 0.15) is 23.9 Å². The predicted molar refractivity (Wildman–Crippen MR) is 132 cm³/mol. The first kappa shape index (κ1) is 24.4. The van der Waals surface area contributed by atoms with Crippen LogP contribution in [0.5, 0.6) is 0 Å². The topological polar surface area (TPSA) is 70.4 Å². The molecule has 2 aromatic rings. The van der Waals surface area contributed by atoms with Crippen molar-refractivity contribution in [1.82, 2.24) is 15.1 Å². The number of aromatic nitrogens is 2. The van der Waals surface area contributed by atoms with Gasteiger partial charge in [0.05, 0.1) is 11.2 Å². The van der Waals surface area contributed by atoms with Gasteiger partial charge in [0.25, 0.3) is 0 Å². The lowest BCUT2D eigenvalue weighted by atomic mass is 9.80. The molecule has 0 bridgehead atoms. The van der Waals surface area contributed by atoms with Gasteiger partial charge in [-0.2, -0.15) is 5.10 Å². The van der Waals surface area contributed by atoms with Crippen molar-refractivity contribution in [2.24, 2.45) is 5.41 Å². The molecule has 2 aliphatic rings. The van der Waals surface area contributed by atoms with Crippen LogP contribution < -0.4 is 10.2 Å². The van der Waals surface area contributed by atoms with Crippen molar-refractivity contribution in [3.63, 3.8) is 0 Å². The highest BCUT2D eigenvalue weighted by Gasteiger charge is 2.45. The van der Waals surface area contributed by atoms with E-state index in [1.165, 1.54) is 12.1 Å². The lowest BCUT2D eigenvalue weighted by molar-refractivity contribution is -0.122. The van der Waals surface area contributed by atoms with Crippen LogP contribution in [0.4, 0.5) is 10.2 Å². The van der Waals surface area contributed by atoms with Crippen molar-refractivity contribution in [2.75, 3.05) is 11.9 Å². The van der Waals surface area contributed by atoms with Crippen LogP contribution in [0, 0.1) is 18.2 Å². The predicted octanol–water partition coefficient (Wildman–Crippen LogP) is 4.38. The van der Waals surface area contributed by atoms with Crippen LogP contribution in [-0.2, 0) is 10.3 Å². The van der Waals surface area contributed by atoms with Gasteiger partial charge in [-0.3, -0.25) is 15.0 Å². The number of nitrogens with zero attached hydrogens (tertiary/aromatic N) is 3. The molecule has 0 fully saturated rings. The van der Waals surface area contributed by atoms with Crippen LogP contribution in [-0.4, -0.2) is 40.1 Å². The van der Waals surface area contributed by atoms with Crippen molar-refractivity contribution in [3.8, 4) is 0 Å². The van der Waals surface area contributed by atoms with Gasteiger partial charge in [-0.1, -0.05) is 44.2 Å². The van der Waals surface area contributed by atoms with Crippen molar-refractivity contribution < 1.29 is 14.3 Å². The van der Waals surface area contributed by atoms with E-state index < -0.39 is 18.2 Å². The summed E-state index contributed by atoms with van der Waals surface area (Å²) in [7, 11) is 1.75. The zero-order valence-corrected chi connectivity index (χ0v) is 21.1. The molecule has 1 amide bonds. The van der Waals surface area contributed by atoms with Gasteiger partial charge in [-0.15, -0.1) is 0 Å². The van der Waals surface area contributed by atoms with Crippen LogP contribution >= 0.6 is 0 Å². The largest absolute Gasteiger partial charge is 0.374 e. The number of amides is 1. The van der Waals surface area contributed by atoms with E-state index in [9.17, 15) is 14.3 Å². The smallest absolute Gasteiger partial charge is 0.246 e. The molecule has 0 saturated carbocycles. The second kappa shape index (κ2) is 8.47. The first-order valence-electron chi connectivity index (χ1n) is 11.8. The molecular weight excluding hydrogens is 431 g/mol. The summed E-state index contributed by atoms with van der Waals surface area (Å²) in [4.78, 5) is 15.4. The summed E-state index contributed by atoms with van der Waals surface area (Å²) < 4.78 is 15.7. The molecule has 182 valence electrons. The minimum absolute atomic E-state index is 0.0753. The fourth-order valence-corrected chi connectivity index (χ4v) is 4.99. The Morgan fingerprint density at radius 3 is 2.47 bits per heavy atom. The SMILES string of the molecule is Cc1nn(C(C)(C)C)c2c1[C@H](c1ccc(F)cc1)[C@H](NC(O)C1=CC(C)(C)CC=C1)C(=O)N2C. The molecular formula is C27H35FN4O2. The van der Waals surface area contributed by atoms with E-state index in [4.69, 9.17) is 5.10 Å². The van der Waals surface area contributed by atoms with Crippen LogP contribution in [0.25, 0.3) is 0 Å². The number of aliphatic hydroxyl groups excluding tert-OH is 1. The molecule has 6 nitrogen and oxygen atoms in total. The number of benzene rings is 1. The standard InChI is InChI=1S/C27H35FN4O2/c1-16-20-21(17-10-12-19(28)13-11-17)22(29-23(33)18-9-8-14-27(5,6)15-18)25(34)31(7)24(20)32(30-16)26(2,3)4/h8-13,15,21-23,29,33H,14H2,1-7H3/t21-,22-,23?/m0/s1. The summed E-state index contributed by atoms with van der Waals surface area (Å²) in [5, 5.41) is 19.1. The van der Waals surface area contributed by atoms with E-state index in [1.54, 1.807) is 24.1 Å². The third-order valence-corrected chi connectivity index (χ3v) is 6.67. The number of rotatable bonds is 4. The first-order chi connectivity index (χ1) is 15.8. The number of carbonyl (C=O) groups excluding carboxylic acids is 1. The Kier molecular flexibility index (Phi) is 6.07. The van der Waals surface area contributed by atoms with Crippen molar-refractivity contribution in [3.05, 3.63) is 70.7 Å². The van der Waals surface area contributed by atoms with Gasteiger partial charge in [0.2, 0.25) is 5.91 Å². The average molecular weight is 467 g/mol. The van der Waals surface area contributed by atoms with Gasteiger partial charge in [-0.05, 0) is 62.8 Å². The fraction of sp³-hybridized carbons (Fsp3) is 0.481. The second-order valence-corrected chi connectivity index (χ2v) is 11.1. The molecule has 0 saturated heterocycles. The second-order valence-electron chi connectivity index (χ2n) is 11.1. The number of likely N-dealkylation sites (N-methyl/N-ethyl adjacent to an activating group) is 1. The molecule has 0 spiro atoms. The Labute approximate surface area is 201 Å². The number of allylic oxidation sites excluding steroid dienone is 2. The summed E-state index contributed by atoms with van der Waals surface area (Å²) in [6, 6.07) is 5.47. The van der Waals surface area contributed by atoms with E-state index in [2.05, 4.69) is 19.2 Å². The molecule has 1 aromatic carbocycles. The van der Waals surface area contributed by atoms with Crippen molar-refractivity contribution in [2.45, 2.75) is 71.7 Å². The normalized spacial score (nSPS) is 23.0. The summed E-state index contributed by atoms with van der Waals surface area (Å²) in [6.07, 6.45) is 5.85. The van der Waals surface area contributed by atoms with Crippen LogP contribution in [0.3, 0.4) is 0 Å². The molecule has 3 atom stereocenters. The number of halogens is 1. The molecule has 1 unspecified atom stereocenters. The minimum Gasteiger partial charge on any atom is -0.374 e. The molecule has 2 heterocycles. The molecule has 4 rings (SSSR count). The summed E-state index contributed by atoms with van der Waals surface area (Å²) in [5.74, 6) is -0.221. The van der Waals surface area contributed by atoms with Crippen LogP contribution in [0.1, 0.15) is 63.8 Å². The number of fused-ring (bicyclic) bond motifs is 1. The minimum atomic E-state index is -1.03. The van der Waals surface area contributed by atoms with E-state index in [0.29, 0.717) is 0 Å². The molecule has 34 heavy (non-hydrogen) atoms. The zero-order chi connectivity index (χ0) is 25.0. The fourth-order valence-electron chi connectivity index (χ4n) is 4.99. The monoisotopic (exact) mass is 466 g/mol. The number of aryl methyl sites for hydroxylation is 1. The maximum absolute atomic E-state index is 13.8. The number of anilines is 1. The first-order valence-corrected chi connectivity index (χ1v) is 11.8.